The van der Waals surface area contributed by atoms with E-state index in [1.807, 2.05) is 0 Å². The molecule has 8 heteroatoms. The lowest BCUT2D eigenvalue weighted by Gasteiger charge is -2.17. The van der Waals surface area contributed by atoms with Gasteiger partial charge in [-0.25, -0.2) is 8.42 Å². The highest BCUT2D eigenvalue weighted by molar-refractivity contribution is 7.91. The molecule has 5 N–H and O–H groups in total. The summed E-state index contributed by atoms with van der Waals surface area (Å²) in [4.78, 5) is 0.108. The molecule has 1 aromatic rings. The van der Waals surface area contributed by atoms with Crippen LogP contribution in [-0.2, 0) is 9.84 Å². The molecule has 0 heterocycles. The molecule has 0 saturated carbocycles. The Morgan fingerprint density at radius 2 is 2.10 bits per heavy atom. The van der Waals surface area contributed by atoms with Crippen LogP contribution in [0.1, 0.15) is 19.4 Å². The van der Waals surface area contributed by atoms with Crippen LogP contribution in [0.15, 0.2) is 34.3 Å². The van der Waals surface area contributed by atoms with Crippen molar-refractivity contribution in [3.63, 3.8) is 0 Å². The highest BCUT2D eigenvalue weighted by Gasteiger charge is 2.17. The van der Waals surface area contributed by atoms with Crippen LogP contribution >= 0.6 is 0 Å². The van der Waals surface area contributed by atoms with Crippen LogP contribution in [0.2, 0.25) is 0 Å². The fourth-order valence-electron chi connectivity index (χ4n) is 1.63. The van der Waals surface area contributed by atoms with Crippen molar-refractivity contribution in [3.05, 3.63) is 29.8 Å². The summed E-state index contributed by atoms with van der Waals surface area (Å²) in [6.45, 7) is 3.79. The molecule has 0 aromatic heterocycles. The molecule has 0 atom stereocenters. The number of amidine groups is 1. The molecule has 1 aromatic carbocycles. The molecule has 0 spiro atoms. The van der Waals surface area contributed by atoms with E-state index in [1.54, 1.807) is 19.9 Å². The maximum atomic E-state index is 12.2. The number of nitrogens with one attached hydrogen (secondary N) is 1. The second-order valence-corrected chi connectivity index (χ2v) is 7.43. The zero-order valence-corrected chi connectivity index (χ0v) is 12.9. The van der Waals surface area contributed by atoms with E-state index < -0.39 is 15.4 Å². The van der Waals surface area contributed by atoms with E-state index >= 15 is 0 Å². The monoisotopic (exact) mass is 315 g/mol. The summed E-state index contributed by atoms with van der Waals surface area (Å²) >= 11 is 0. The van der Waals surface area contributed by atoms with Gasteiger partial charge in [-0.2, -0.15) is 0 Å². The Morgan fingerprint density at radius 3 is 2.67 bits per heavy atom. The lowest BCUT2D eigenvalue weighted by molar-refractivity contribution is 0.0805. The first kappa shape index (κ1) is 17.4. The maximum absolute atomic E-state index is 12.2. The van der Waals surface area contributed by atoms with E-state index in [0.29, 0.717) is 12.1 Å². The van der Waals surface area contributed by atoms with Gasteiger partial charge in [-0.1, -0.05) is 17.3 Å². The second-order valence-electron chi connectivity index (χ2n) is 5.32. The summed E-state index contributed by atoms with van der Waals surface area (Å²) in [5.41, 5.74) is 4.88. The molecule has 0 saturated heterocycles. The number of oxime groups is 1. The van der Waals surface area contributed by atoms with Crippen molar-refractivity contribution in [2.24, 2.45) is 10.9 Å². The topological polar surface area (TPSA) is 125 Å². The number of hydrogen-bond donors (Lipinski definition) is 4. The Bertz CT molecular complexity index is 606. The zero-order chi connectivity index (χ0) is 16.1. The van der Waals surface area contributed by atoms with Crippen LogP contribution in [0.3, 0.4) is 0 Å². The van der Waals surface area contributed by atoms with Gasteiger partial charge >= 0.3 is 0 Å². The van der Waals surface area contributed by atoms with Gasteiger partial charge in [0.15, 0.2) is 15.7 Å². The Morgan fingerprint density at radius 1 is 1.43 bits per heavy atom. The van der Waals surface area contributed by atoms with E-state index in [4.69, 9.17) is 10.9 Å². The van der Waals surface area contributed by atoms with Crippen molar-refractivity contribution in [2.75, 3.05) is 18.8 Å². The van der Waals surface area contributed by atoms with E-state index in [-0.39, 0.29) is 23.0 Å². The SMILES string of the molecule is CC(C)(O)CNCCS(=O)(=O)c1cccc(/C(N)=N/O)c1. The Balaban J connectivity index is 2.75. The normalized spacial score (nSPS) is 13.4. The van der Waals surface area contributed by atoms with Gasteiger partial charge in [0.1, 0.15) is 0 Å². The summed E-state index contributed by atoms with van der Waals surface area (Å²) in [7, 11) is -3.48. The van der Waals surface area contributed by atoms with Crippen LogP contribution in [0.4, 0.5) is 0 Å². The molecule has 0 unspecified atom stereocenters. The number of nitrogens with two attached hydrogens (primary N) is 1. The van der Waals surface area contributed by atoms with E-state index in [2.05, 4.69) is 10.5 Å². The fourth-order valence-corrected chi connectivity index (χ4v) is 2.87. The van der Waals surface area contributed by atoms with Crippen molar-refractivity contribution in [3.8, 4) is 0 Å². The van der Waals surface area contributed by atoms with Gasteiger partial charge in [0.2, 0.25) is 0 Å². The van der Waals surface area contributed by atoms with Crippen LogP contribution in [0, 0.1) is 0 Å². The predicted octanol–water partition coefficient (Wildman–Crippen LogP) is -0.0847. The predicted molar refractivity (Wildman–Crippen MR) is 80.2 cm³/mol. The van der Waals surface area contributed by atoms with Crippen molar-refractivity contribution in [1.29, 1.82) is 0 Å². The molecule has 0 amide bonds. The van der Waals surface area contributed by atoms with Gasteiger partial charge < -0.3 is 21.4 Å². The first-order valence-corrected chi connectivity index (χ1v) is 8.05. The zero-order valence-electron chi connectivity index (χ0n) is 12.1. The quantitative estimate of drug-likeness (QED) is 0.183. The van der Waals surface area contributed by atoms with Gasteiger partial charge in [-0.3, -0.25) is 0 Å². The minimum absolute atomic E-state index is 0.108. The number of nitrogens with zero attached hydrogens (tertiary/aromatic N) is 1. The summed E-state index contributed by atoms with van der Waals surface area (Å²) in [5, 5.41) is 23.9. The Hall–Kier alpha value is -1.64. The smallest absolute Gasteiger partial charge is 0.179 e. The first-order chi connectivity index (χ1) is 9.65. The van der Waals surface area contributed by atoms with E-state index in [0.717, 1.165) is 0 Å². The number of benzene rings is 1. The van der Waals surface area contributed by atoms with Crippen LogP contribution in [-0.4, -0.2) is 49.0 Å². The van der Waals surface area contributed by atoms with E-state index in [1.165, 1.54) is 18.2 Å². The molecule has 7 nitrogen and oxygen atoms in total. The lowest BCUT2D eigenvalue weighted by atomic mass is 10.1. The van der Waals surface area contributed by atoms with Crippen molar-refractivity contribution >= 4 is 15.7 Å². The number of hydrogen-bond acceptors (Lipinski definition) is 6. The molecular weight excluding hydrogens is 294 g/mol. The standard InChI is InChI=1S/C13H21N3O4S/c1-13(2,17)9-15-6-7-21(19,20)11-5-3-4-10(8-11)12(14)16-18/h3-5,8,15,17-18H,6-7,9H2,1-2H3,(H2,14,16). The minimum Gasteiger partial charge on any atom is -0.409 e. The molecule has 0 aliphatic rings. The Labute approximate surface area is 124 Å². The highest BCUT2D eigenvalue weighted by atomic mass is 32.2. The molecular formula is C13H21N3O4S. The fraction of sp³-hybridized carbons (Fsp3) is 0.462. The van der Waals surface area contributed by atoms with Crippen molar-refractivity contribution < 1.29 is 18.7 Å². The summed E-state index contributed by atoms with van der Waals surface area (Å²) in [6.07, 6.45) is 0. The summed E-state index contributed by atoms with van der Waals surface area (Å²) < 4.78 is 24.3. The third-order valence-electron chi connectivity index (χ3n) is 2.70. The molecule has 1 rings (SSSR count). The van der Waals surface area contributed by atoms with Gasteiger partial charge in [0.05, 0.1) is 16.2 Å². The molecule has 0 bridgehead atoms. The molecule has 0 aliphatic carbocycles. The van der Waals surface area contributed by atoms with Crippen molar-refractivity contribution in [2.45, 2.75) is 24.3 Å². The number of aliphatic hydroxyl groups is 1. The number of sulfone groups is 1. The number of rotatable bonds is 7. The first-order valence-electron chi connectivity index (χ1n) is 6.39. The average Bonchev–Trinajstić information content (AvgIpc) is 2.42. The van der Waals surface area contributed by atoms with Gasteiger partial charge in [0.25, 0.3) is 0 Å². The Kier molecular flexibility index (Phi) is 5.70. The van der Waals surface area contributed by atoms with Gasteiger partial charge in [-0.05, 0) is 26.0 Å². The molecule has 21 heavy (non-hydrogen) atoms. The average molecular weight is 315 g/mol. The second kappa shape index (κ2) is 6.88. The molecule has 0 radical (unpaired) electrons. The van der Waals surface area contributed by atoms with Crippen molar-refractivity contribution in [1.82, 2.24) is 5.32 Å². The third-order valence-corrected chi connectivity index (χ3v) is 4.42. The maximum Gasteiger partial charge on any atom is 0.179 e. The lowest BCUT2D eigenvalue weighted by Crippen LogP contribution is -2.37. The van der Waals surface area contributed by atoms with E-state index in [9.17, 15) is 13.5 Å². The summed E-state index contributed by atoms with van der Waals surface area (Å²) in [6, 6.07) is 5.91. The highest BCUT2D eigenvalue weighted by Crippen LogP contribution is 2.13. The van der Waals surface area contributed by atoms with Crippen LogP contribution in [0.25, 0.3) is 0 Å². The minimum atomic E-state index is -3.48. The third kappa shape index (κ3) is 5.70. The molecule has 0 fully saturated rings. The summed E-state index contributed by atoms with van der Waals surface area (Å²) in [5.74, 6) is -0.255. The van der Waals surface area contributed by atoms with Gasteiger partial charge in [-0.15, -0.1) is 0 Å². The van der Waals surface area contributed by atoms with Crippen LogP contribution < -0.4 is 11.1 Å². The molecule has 0 aliphatic heterocycles. The molecule has 118 valence electrons. The largest absolute Gasteiger partial charge is 0.409 e. The van der Waals surface area contributed by atoms with Gasteiger partial charge in [0, 0.05) is 18.7 Å². The van der Waals surface area contributed by atoms with Crippen LogP contribution in [0.5, 0.6) is 0 Å².